The monoisotopic (exact) mass is 707 g/mol. The van der Waals surface area contributed by atoms with Gasteiger partial charge in [-0.05, 0) is 109 Å². The maximum atomic E-state index is 2.45. The zero-order valence-corrected chi connectivity index (χ0v) is 32.0. The molecule has 0 amide bonds. The molecule has 0 fully saturated rings. The summed E-state index contributed by atoms with van der Waals surface area (Å²) in [4.78, 5) is 2.41. The summed E-state index contributed by atoms with van der Waals surface area (Å²) in [5.74, 6) is 0.962. The third kappa shape index (κ3) is 5.36. The molecule has 0 bridgehead atoms. The first-order valence-corrected chi connectivity index (χ1v) is 19.7. The van der Waals surface area contributed by atoms with E-state index in [0.29, 0.717) is 11.8 Å². The van der Waals surface area contributed by atoms with Crippen LogP contribution in [-0.2, 0) is 10.8 Å². The number of nitrogens with zero attached hydrogens (tertiary/aromatic N) is 1. The zero-order valence-electron chi connectivity index (χ0n) is 32.0. The van der Waals surface area contributed by atoms with Crippen LogP contribution in [0.1, 0.15) is 55.9 Å². The maximum absolute atomic E-state index is 2.45. The van der Waals surface area contributed by atoms with Crippen LogP contribution in [-0.4, -0.2) is 0 Å². The van der Waals surface area contributed by atoms with Crippen molar-refractivity contribution < 1.29 is 0 Å². The number of para-hydroxylation sites is 1. The molecule has 3 aliphatic carbocycles. The van der Waals surface area contributed by atoms with Gasteiger partial charge in [-0.1, -0.05) is 179 Å². The van der Waals surface area contributed by atoms with Crippen molar-refractivity contribution in [1.82, 2.24) is 0 Å². The standard InChI is InChI=1S/C54H45N/c1-53(2)48-19-11-8-17-44(48)46-32-26-39(34-50(46)53)36-22-28-41(29-23-36)55(52-21-13-10-16-43(52)38-14-6-5-7-15-38)42-30-24-37(25-31-42)40-27-33-47-45-18-9-12-20-49(45)54(3,4)51(47)35-40/h5-35,44,48H,1-4H3. The van der Waals surface area contributed by atoms with E-state index in [4.69, 9.17) is 0 Å². The fourth-order valence-corrected chi connectivity index (χ4v) is 9.81. The highest BCUT2D eigenvalue weighted by atomic mass is 15.1. The largest absolute Gasteiger partial charge is 0.310 e. The molecule has 0 aliphatic heterocycles. The van der Waals surface area contributed by atoms with Gasteiger partial charge in [0.1, 0.15) is 0 Å². The second-order valence-electron chi connectivity index (χ2n) is 16.6. The number of anilines is 3. The highest BCUT2D eigenvalue weighted by molar-refractivity contribution is 5.89. The van der Waals surface area contributed by atoms with E-state index in [1.54, 1.807) is 0 Å². The van der Waals surface area contributed by atoms with E-state index in [1.165, 1.54) is 66.8 Å². The number of rotatable bonds is 6. The predicted molar refractivity (Wildman–Crippen MR) is 233 cm³/mol. The summed E-state index contributed by atoms with van der Waals surface area (Å²) in [7, 11) is 0. The normalized spacial score (nSPS) is 18.0. The topological polar surface area (TPSA) is 3.24 Å². The lowest BCUT2D eigenvalue weighted by molar-refractivity contribution is 0.394. The molecule has 7 aromatic carbocycles. The molecule has 55 heavy (non-hydrogen) atoms. The van der Waals surface area contributed by atoms with Crippen LogP contribution in [0.2, 0.25) is 0 Å². The van der Waals surface area contributed by atoms with E-state index in [9.17, 15) is 0 Å². The van der Waals surface area contributed by atoms with Crippen LogP contribution in [0.5, 0.6) is 0 Å². The molecule has 2 unspecified atom stereocenters. The minimum absolute atomic E-state index is 0.0327. The fraction of sp³-hybridized carbons (Fsp3) is 0.148. The third-order valence-corrected chi connectivity index (χ3v) is 12.8. The van der Waals surface area contributed by atoms with Crippen LogP contribution in [0, 0.1) is 5.92 Å². The molecular formula is C54H45N. The van der Waals surface area contributed by atoms with Crippen molar-refractivity contribution in [3.63, 3.8) is 0 Å². The van der Waals surface area contributed by atoms with Crippen molar-refractivity contribution in [1.29, 1.82) is 0 Å². The summed E-state index contributed by atoms with van der Waals surface area (Å²) in [6.07, 6.45) is 9.21. The third-order valence-electron chi connectivity index (χ3n) is 12.8. The number of benzene rings is 7. The lowest BCUT2D eigenvalue weighted by Crippen LogP contribution is -2.24. The maximum Gasteiger partial charge on any atom is 0.0540 e. The highest BCUT2D eigenvalue weighted by Gasteiger charge is 2.44. The minimum atomic E-state index is -0.0327. The van der Waals surface area contributed by atoms with Gasteiger partial charge < -0.3 is 4.90 Å². The summed E-state index contributed by atoms with van der Waals surface area (Å²) in [6, 6.07) is 60.8. The van der Waals surface area contributed by atoms with Crippen molar-refractivity contribution in [2.45, 2.75) is 44.4 Å². The van der Waals surface area contributed by atoms with Gasteiger partial charge in [-0.15, -0.1) is 0 Å². The van der Waals surface area contributed by atoms with Gasteiger partial charge in [0, 0.05) is 28.3 Å². The van der Waals surface area contributed by atoms with Crippen LogP contribution in [0.25, 0.3) is 44.5 Å². The average molecular weight is 708 g/mol. The number of hydrogen-bond acceptors (Lipinski definition) is 1. The van der Waals surface area contributed by atoms with E-state index in [-0.39, 0.29) is 10.8 Å². The van der Waals surface area contributed by atoms with E-state index in [0.717, 1.165) is 17.1 Å². The molecule has 266 valence electrons. The average Bonchev–Trinajstić information content (AvgIpc) is 3.61. The number of hydrogen-bond donors (Lipinski definition) is 0. The second kappa shape index (κ2) is 12.7. The molecule has 0 saturated heterocycles. The summed E-state index contributed by atoms with van der Waals surface area (Å²) in [5, 5.41) is 0. The first kappa shape index (κ1) is 33.4. The van der Waals surface area contributed by atoms with E-state index >= 15 is 0 Å². The van der Waals surface area contributed by atoms with Crippen molar-refractivity contribution in [2.75, 3.05) is 4.90 Å². The van der Waals surface area contributed by atoms with Gasteiger partial charge in [0.05, 0.1) is 5.69 Å². The molecule has 0 aromatic heterocycles. The smallest absolute Gasteiger partial charge is 0.0540 e. The van der Waals surface area contributed by atoms with Crippen LogP contribution in [0.15, 0.2) is 188 Å². The predicted octanol–water partition coefficient (Wildman–Crippen LogP) is 14.6. The van der Waals surface area contributed by atoms with Crippen LogP contribution < -0.4 is 4.90 Å². The molecule has 3 aliphatic rings. The molecule has 0 heterocycles. The Morgan fingerprint density at radius 1 is 0.418 bits per heavy atom. The zero-order chi connectivity index (χ0) is 37.3. The summed E-state index contributed by atoms with van der Waals surface area (Å²) >= 11 is 0. The minimum Gasteiger partial charge on any atom is -0.310 e. The molecule has 0 saturated carbocycles. The first-order chi connectivity index (χ1) is 26.8. The van der Waals surface area contributed by atoms with Gasteiger partial charge in [-0.3, -0.25) is 0 Å². The quantitative estimate of drug-likeness (QED) is 0.166. The molecule has 7 aromatic rings. The molecule has 0 spiro atoms. The van der Waals surface area contributed by atoms with Gasteiger partial charge in [0.15, 0.2) is 0 Å². The molecule has 10 rings (SSSR count). The summed E-state index contributed by atoms with van der Waals surface area (Å²) < 4.78 is 0. The van der Waals surface area contributed by atoms with Crippen molar-refractivity contribution >= 4 is 17.1 Å². The Morgan fingerprint density at radius 3 is 1.67 bits per heavy atom. The SMILES string of the molecule is CC1(C)c2ccccc2-c2ccc(-c3ccc(N(c4ccc(-c5ccc6c(c5)C(C)(C)C5C=CC=CC65)cc4)c4ccccc4-c4ccccc4)cc3)cc21. The Kier molecular flexibility index (Phi) is 7.72. The first-order valence-electron chi connectivity index (χ1n) is 19.7. The second-order valence-corrected chi connectivity index (χ2v) is 16.6. The van der Waals surface area contributed by atoms with Crippen LogP contribution in [0.3, 0.4) is 0 Å². The Hall–Kier alpha value is -6.18. The Balaban J connectivity index is 1.03. The molecule has 1 nitrogen and oxygen atoms in total. The molecule has 1 heteroatoms. The van der Waals surface area contributed by atoms with Gasteiger partial charge >= 0.3 is 0 Å². The lowest BCUT2D eigenvalue weighted by Gasteiger charge is -2.29. The summed E-state index contributed by atoms with van der Waals surface area (Å²) in [5.41, 5.74) is 19.3. The fourth-order valence-electron chi connectivity index (χ4n) is 9.81. The van der Waals surface area contributed by atoms with E-state index < -0.39 is 0 Å². The Bertz CT molecular complexity index is 2640. The van der Waals surface area contributed by atoms with E-state index in [2.05, 4.69) is 221 Å². The van der Waals surface area contributed by atoms with Crippen molar-refractivity contribution in [3.8, 4) is 44.5 Å². The van der Waals surface area contributed by atoms with Gasteiger partial charge in [-0.2, -0.15) is 0 Å². The van der Waals surface area contributed by atoms with Crippen LogP contribution in [0.4, 0.5) is 17.1 Å². The highest BCUT2D eigenvalue weighted by Crippen LogP contribution is 2.54. The number of allylic oxidation sites excluding steroid dienone is 4. The molecule has 2 atom stereocenters. The molecule has 0 N–H and O–H groups in total. The van der Waals surface area contributed by atoms with Gasteiger partial charge in [0.2, 0.25) is 0 Å². The lowest BCUT2D eigenvalue weighted by atomic mass is 9.74. The van der Waals surface area contributed by atoms with Gasteiger partial charge in [0.25, 0.3) is 0 Å². The Labute approximate surface area is 326 Å². The van der Waals surface area contributed by atoms with E-state index in [1.807, 2.05) is 0 Å². The van der Waals surface area contributed by atoms with Crippen molar-refractivity contribution in [2.24, 2.45) is 5.92 Å². The summed E-state index contributed by atoms with van der Waals surface area (Å²) in [6.45, 7) is 9.52. The van der Waals surface area contributed by atoms with Crippen molar-refractivity contribution in [3.05, 3.63) is 210 Å². The van der Waals surface area contributed by atoms with Crippen LogP contribution >= 0.6 is 0 Å². The van der Waals surface area contributed by atoms with Gasteiger partial charge in [-0.25, -0.2) is 0 Å². The molecule has 0 radical (unpaired) electrons. The Morgan fingerprint density at radius 2 is 0.964 bits per heavy atom. The number of fused-ring (bicyclic) bond motifs is 6. The molecular weight excluding hydrogens is 663 g/mol.